The molecule has 0 saturated carbocycles. The van der Waals surface area contributed by atoms with Gasteiger partial charge in [0.05, 0.1) is 31.5 Å². The zero-order valence-corrected chi connectivity index (χ0v) is 24.6. The van der Waals surface area contributed by atoms with E-state index in [2.05, 4.69) is 13.8 Å². The van der Waals surface area contributed by atoms with Gasteiger partial charge in [0.25, 0.3) is 0 Å². The van der Waals surface area contributed by atoms with Crippen molar-refractivity contribution in [2.24, 2.45) is 17.8 Å². The van der Waals surface area contributed by atoms with Gasteiger partial charge < -0.3 is 39.4 Å². The lowest BCUT2D eigenvalue weighted by Gasteiger charge is -2.50. The molecule has 9 nitrogen and oxygen atoms in total. The lowest BCUT2D eigenvalue weighted by atomic mass is 9.71. The lowest BCUT2D eigenvalue weighted by Crippen LogP contribution is -2.58. The van der Waals surface area contributed by atoms with Crippen LogP contribution in [0.25, 0.3) is 0 Å². The van der Waals surface area contributed by atoms with Crippen LogP contribution >= 0.6 is 0 Å². The molecule has 11 atom stereocenters. The predicted molar refractivity (Wildman–Crippen MR) is 150 cm³/mol. The summed E-state index contributed by atoms with van der Waals surface area (Å²) in [7, 11) is 0. The van der Waals surface area contributed by atoms with Crippen LogP contribution in [0, 0.1) is 17.8 Å². The molecule has 228 valence electrons. The van der Waals surface area contributed by atoms with Crippen molar-refractivity contribution < 1.29 is 44.2 Å². The van der Waals surface area contributed by atoms with E-state index in [-0.39, 0.29) is 25.4 Å². The van der Waals surface area contributed by atoms with Crippen LogP contribution in [0.4, 0.5) is 0 Å². The summed E-state index contributed by atoms with van der Waals surface area (Å²) in [6, 6.07) is 0. The summed E-state index contributed by atoms with van der Waals surface area (Å²) in [5.41, 5.74) is -0.152. The Morgan fingerprint density at radius 3 is 2.61 bits per heavy atom. The minimum atomic E-state index is -1.81. The fourth-order valence-corrected chi connectivity index (χ4v) is 7.23. The third-order valence-electron chi connectivity index (χ3n) is 9.83. The van der Waals surface area contributed by atoms with E-state index in [1.165, 1.54) is 0 Å². The van der Waals surface area contributed by atoms with E-state index in [1.54, 1.807) is 31.2 Å². The molecule has 1 spiro atoms. The van der Waals surface area contributed by atoms with Crippen molar-refractivity contribution in [2.45, 2.75) is 114 Å². The molecule has 9 heteroatoms. The zero-order chi connectivity index (χ0) is 29.5. The topological polar surface area (TPSA) is 135 Å². The second-order valence-corrected chi connectivity index (χ2v) is 12.7. The van der Waals surface area contributed by atoms with E-state index >= 15 is 0 Å². The predicted octanol–water partition coefficient (Wildman–Crippen LogP) is 2.87. The SMILES string of the molecule is CC[C@H]1O[C@]2(CC[C@@H]1C)C[C@@H]1C[C@@H](C/C=C(\C)[C@H](O)[C@@H](CO)/C=C/C=C3\CO[C@@H]4[C@H](O)C(C)=C[C@@H](C(=O)O1)[C@]34O)O2. The normalized spacial score (nSPS) is 48.7. The highest BCUT2D eigenvalue weighted by Crippen LogP contribution is 2.47. The largest absolute Gasteiger partial charge is 0.462 e. The number of esters is 1. The standard InChI is InChI=1S/C32H46O9/c1-5-26-18(2)11-12-31(41-26)15-24-14-23(40-31)10-9-19(3)27(34)21(16-33)7-6-8-22-17-38-29-28(35)20(4)13-25(30(36)39-24)32(22,29)37/h6-9,13,18,21,23-29,33-35,37H,5,10-12,14-17H2,1-4H3/b7-6+,19-9+,22-8+/t18-,21+,23+,24-,25-,26+,27-,28+,29+,31+,32+/m0/s1. The Labute approximate surface area is 242 Å². The van der Waals surface area contributed by atoms with E-state index in [4.69, 9.17) is 18.9 Å². The highest BCUT2D eigenvalue weighted by atomic mass is 16.7. The number of fused-ring (bicyclic) bond motifs is 2. The van der Waals surface area contributed by atoms with E-state index in [9.17, 15) is 25.2 Å². The van der Waals surface area contributed by atoms with Gasteiger partial charge in [0, 0.05) is 25.2 Å². The Morgan fingerprint density at radius 1 is 1.10 bits per heavy atom. The molecule has 3 fully saturated rings. The average Bonchev–Trinajstić information content (AvgIpc) is 3.29. The highest BCUT2D eigenvalue weighted by Gasteiger charge is 2.60. The van der Waals surface area contributed by atoms with E-state index < -0.39 is 53.6 Å². The molecule has 5 rings (SSSR count). The Hall–Kier alpha value is -1.85. The molecule has 2 bridgehead atoms. The van der Waals surface area contributed by atoms with Gasteiger partial charge in [-0.1, -0.05) is 44.2 Å². The number of hydrogen-bond acceptors (Lipinski definition) is 9. The summed E-state index contributed by atoms with van der Waals surface area (Å²) in [4.78, 5) is 13.9. The molecule has 1 aliphatic carbocycles. The van der Waals surface area contributed by atoms with Gasteiger partial charge in [0.1, 0.15) is 29.8 Å². The molecule has 0 aromatic heterocycles. The van der Waals surface area contributed by atoms with Crippen LogP contribution in [0.2, 0.25) is 0 Å². The number of aliphatic hydroxyl groups excluding tert-OH is 3. The van der Waals surface area contributed by atoms with Gasteiger partial charge >= 0.3 is 5.97 Å². The maximum Gasteiger partial charge on any atom is 0.316 e. The minimum Gasteiger partial charge on any atom is -0.462 e. The number of rotatable bonds is 2. The monoisotopic (exact) mass is 574 g/mol. The number of aliphatic hydroxyl groups is 4. The molecule has 5 aliphatic rings. The van der Waals surface area contributed by atoms with Crippen molar-refractivity contribution in [3.8, 4) is 0 Å². The second kappa shape index (κ2) is 12.0. The molecule has 4 aliphatic heterocycles. The highest BCUT2D eigenvalue weighted by molar-refractivity contribution is 5.78. The maximum absolute atomic E-state index is 13.9. The summed E-state index contributed by atoms with van der Waals surface area (Å²) < 4.78 is 25.2. The molecular weight excluding hydrogens is 528 g/mol. The maximum atomic E-state index is 13.9. The van der Waals surface area contributed by atoms with Crippen molar-refractivity contribution >= 4 is 5.97 Å². The second-order valence-electron chi connectivity index (χ2n) is 12.7. The van der Waals surface area contributed by atoms with E-state index in [0.717, 1.165) is 12.8 Å². The number of hydrogen-bond donors (Lipinski definition) is 4. The summed E-state index contributed by atoms with van der Waals surface area (Å²) in [6.07, 6.45) is 8.41. The number of carbonyl (C=O) groups is 1. The van der Waals surface area contributed by atoms with Crippen molar-refractivity contribution in [3.05, 3.63) is 47.1 Å². The molecule has 4 N–H and O–H groups in total. The van der Waals surface area contributed by atoms with Crippen LogP contribution in [-0.4, -0.2) is 87.6 Å². The molecule has 0 unspecified atom stereocenters. The van der Waals surface area contributed by atoms with Crippen LogP contribution in [-0.2, 0) is 23.7 Å². The first kappa shape index (κ1) is 30.6. The van der Waals surface area contributed by atoms with Crippen LogP contribution in [0.1, 0.15) is 66.2 Å². The van der Waals surface area contributed by atoms with E-state index in [0.29, 0.717) is 48.3 Å². The molecule has 41 heavy (non-hydrogen) atoms. The van der Waals surface area contributed by atoms with Gasteiger partial charge in [0.15, 0.2) is 5.79 Å². The minimum absolute atomic E-state index is 0.0195. The first-order valence-corrected chi connectivity index (χ1v) is 15.1. The Bertz CT molecular complexity index is 1110. The van der Waals surface area contributed by atoms with Crippen LogP contribution in [0.15, 0.2) is 47.1 Å². The van der Waals surface area contributed by atoms with Gasteiger partial charge in [-0.2, -0.15) is 0 Å². The lowest BCUT2D eigenvalue weighted by molar-refractivity contribution is -0.335. The summed E-state index contributed by atoms with van der Waals surface area (Å²) >= 11 is 0. The number of ether oxygens (including phenoxy) is 4. The first-order valence-electron chi connectivity index (χ1n) is 15.1. The Balaban J connectivity index is 1.54. The average molecular weight is 575 g/mol. The van der Waals surface area contributed by atoms with Crippen LogP contribution in [0.3, 0.4) is 0 Å². The molecule has 0 aromatic rings. The van der Waals surface area contributed by atoms with Crippen LogP contribution in [0.5, 0.6) is 0 Å². The molecular formula is C32H46O9. The van der Waals surface area contributed by atoms with Gasteiger partial charge in [-0.05, 0) is 55.7 Å². The quantitative estimate of drug-likeness (QED) is 0.290. The zero-order valence-electron chi connectivity index (χ0n) is 24.6. The van der Waals surface area contributed by atoms with Crippen molar-refractivity contribution in [1.29, 1.82) is 0 Å². The summed E-state index contributed by atoms with van der Waals surface area (Å²) in [5.74, 6) is -2.74. The van der Waals surface area contributed by atoms with Gasteiger partial charge in [0.2, 0.25) is 0 Å². The third kappa shape index (κ3) is 5.75. The van der Waals surface area contributed by atoms with Crippen molar-refractivity contribution in [2.75, 3.05) is 13.2 Å². The van der Waals surface area contributed by atoms with Gasteiger partial charge in [-0.25, -0.2) is 0 Å². The van der Waals surface area contributed by atoms with Crippen LogP contribution < -0.4 is 0 Å². The van der Waals surface area contributed by atoms with Gasteiger partial charge in [-0.15, -0.1) is 0 Å². The number of carbonyl (C=O) groups excluding carboxylic acids is 1. The molecule has 0 amide bonds. The van der Waals surface area contributed by atoms with E-state index in [1.807, 2.05) is 13.0 Å². The molecule has 0 aromatic carbocycles. The molecule has 0 radical (unpaired) electrons. The Morgan fingerprint density at radius 2 is 1.88 bits per heavy atom. The fraction of sp³-hybridized carbons (Fsp3) is 0.719. The molecule has 3 saturated heterocycles. The van der Waals surface area contributed by atoms with Crippen molar-refractivity contribution in [1.82, 2.24) is 0 Å². The summed E-state index contributed by atoms with van der Waals surface area (Å²) in [6.45, 7) is 7.56. The van der Waals surface area contributed by atoms with Gasteiger partial charge in [-0.3, -0.25) is 4.79 Å². The fourth-order valence-electron chi connectivity index (χ4n) is 7.23. The first-order chi connectivity index (χ1) is 19.5. The molecule has 4 heterocycles. The van der Waals surface area contributed by atoms with Crippen molar-refractivity contribution in [3.63, 3.8) is 0 Å². The Kier molecular flexibility index (Phi) is 8.98. The summed E-state index contributed by atoms with van der Waals surface area (Å²) in [5, 5.41) is 44.0. The third-order valence-corrected chi connectivity index (χ3v) is 9.83. The smallest absolute Gasteiger partial charge is 0.316 e. The number of allylic oxidation sites excluding steroid dienone is 2.